The Labute approximate surface area is 126 Å². The molecular weight excluding hydrogens is 286 g/mol. The Bertz CT molecular complexity index is 767. The first-order valence-electron chi connectivity index (χ1n) is 6.80. The first-order chi connectivity index (χ1) is 10.5. The summed E-state index contributed by atoms with van der Waals surface area (Å²) in [6, 6.07) is 4.25. The van der Waals surface area contributed by atoms with Crippen LogP contribution in [0.3, 0.4) is 0 Å². The van der Waals surface area contributed by atoms with E-state index in [0.717, 1.165) is 0 Å². The van der Waals surface area contributed by atoms with Gasteiger partial charge >= 0.3 is 5.97 Å². The summed E-state index contributed by atoms with van der Waals surface area (Å²) < 4.78 is 5.93. The number of nitrogens with one attached hydrogen (secondary N) is 1. The number of fused-ring (bicyclic) bond motifs is 1. The van der Waals surface area contributed by atoms with E-state index in [-0.39, 0.29) is 11.5 Å². The monoisotopic (exact) mass is 303 g/mol. The highest BCUT2D eigenvalue weighted by Crippen LogP contribution is 2.05. The Morgan fingerprint density at radius 2 is 2.05 bits per heavy atom. The van der Waals surface area contributed by atoms with Gasteiger partial charge in [0.15, 0.2) is 0 Å². The number of ether oxygens (including phenoxy) is 1. The summed E-state index contributed by atoms with van der Waals surface area (Å²) in [5, 5.41) is 2.52. The lowest BCUT2D eigenvalue weighted by molar-refractivity contribution is -0.144. The fourth-order valence-corrected chi connectivity index (χ4v) is 2.03. The molecule has 2 aromatic heterocycles. The number of aromatic nitrogens is 2. The predicted octanol–water partition coefficient (Wildman–Crippen LogP) is 0.622. The van der Waals surface area contributed by atoms with Crippen LogP contribution in [-0.4, -0.2) is 34.4 Å². The molecule has 116 valence electrons. The summed E-state index contributed by atoms with van der Waals surface area (Å²) >= 11 is 0. The van der Waals surface area contributed by atoms with Crippen molar-refractivity contribution in [1.82, 2.24) is 14.7 Å². The molecule has 1 N–H and O–H groups in total. The number of amides is 1. The minimum absolute atomic E-state index is 0.127. The van der Waals surface area contributed by atoms with Crippen LogP contribution in [0.5, 0.6) is 0 Å². The average molecular weight is 303 g/mol. The molecule has 0 aliphatic heterocycles. The highest BCUT2D eigenvalue weighted by molar-refractivity contribution is 5.96. The van der Waals surface area contributed by atoms with Crippen LogP contribution in [0.4, 0.5) is 0 Å². The summed E-state index contributed by atoms with van der Waals surface area (Å²) in [5.74, 6) is -1.38. The van der Waals surface area contributed by atoms with Crippen LogP contribution in [0, 0.1) is 5.92 Å². The molecule has 0 aliphatic carbocycles. The van der Waals surface area contributed by atoms with E-state index in [1.165, 1.54) is 23.9 Å². The SMILES string of the molecule is COC(=O)C(NC(=O)c1cnc2ccccn2c1=O)C(C)C. The molecule has 7 nitrogen and oxygen atoms in total. The molecule has 0 aromatic carbocycles. The average Bonchev–Trinajstić information content (AvgIpc) is 2.52. The van der Waals surface area contributed by atoms with Gasteiger partial charge in [0.05, 0.1) is 7.11 Å². The normalized spacial score (nSPS) is 12.2. The van der Waals surface area contributed by atoms with Crippen molar-refractivity contribution in [3.63, 3.8) is 0 Å². The van der Waals surface area contributed by atoms with Crippen molar-refractivity contribution in [2.45, 2.75) is 19.9 Å². The van der Waals surface area contributed by atoms with Crippen molar-refractivity contribution in [3.05, 3.63) is 46.5 Å². The van der Waals surface area contributed by atoms with E-state index in [4.69, 9.17) is 0 Å². The number of pyridine rings is 1. The van der Waals surface area contributed by atoms with E-state index in [9.17, 15) is 14.4 Å². The third-order valence-electron chi connectivity index (χ3n) is 3.27. The lowest BCUT2D eigenvalue weighted by atomic mass is 10.0. The van der Waals surface area contributed by atoms with Crippen molar-refractivity contribution < 1.29 is 14.3 Å². The lowest BCUT2D eigenvalue weighted by Gasteiger charge is -2.19. The van der Waals surface area contributed by atoms with Crippen molar-refractivity contribution in [1.29, 1.82) is 0 Å². The van der Waals surface area contributed by atoms with Gasteiger partial charge in [0, 0.05) is 12.4 Å². The third kappa shape index (κ3) is 2.98. The minimum Gasteiger partial charge on any atom is -0.467 e. The Morgan fingerprint density at radius 1 is 1.32 bits per heavy atom. The molecule has 0 bridgehead atoms. The van der Waals surface area contributed by atoms with E-state index < -0.39 is 23.5 Å². The molecule has 2 aromatic rings. The van der Waals surface area contributed by atoms with Crippen molar-refractivity contribution in [2.75, 3.05) is 7.11 Å². The van der Waals surface area contributed by atoms with Gasteiger partial charge in [0.1, 0.15) is 17.3 Å². The van der Waals surface area contributed by atoms with Crippen LogP contribution in [-0.2, 0) is 9.53 Å². The van der Waals surface area contributed by atoms with Gasteiger partial charge in [0.2, 0.25) is 0 Å². The molecule has 1 atom stereocenters. The Hall–Kier alpha value is -2.70. The number of hydrogen-bond donors (Lipinski definition) is 1. The number of rotatable bonds is 4. The van der Waals surface area contributed by atoms with Crippen LogP contribution >= 0.6 is 0 Å². The maximum atomic E-state index is 12.3. The topological polar surface area (TPSA) is 89.8 Å². The molecule has 22 heavy (non-hydrogen) atoms. The van der Waals surface area contributed by atoms with E-state index >= 15 is 0 Å². The molecule has 7 heteroatoms. The molecule has 2 rings (SSSR count). The van der Waals surface area contributed by atoms with E-state index in [2.05, 4.69) is 15.0 Å². The quantitative estimate of drug-likeness (QED) is 0.836. The lowest BCUT2D eigenvalue weighted by Crippen LogP contribution is -2.46. The number of carbonyl (C=O) groups excluding carboxylic acids is 2. The van der Waals surface area contributed by atoms with E-state index in [1.807, 2.05) is 0 Å². The van der Waals surface area contributed by atoms with E-state index in [0.29, 0.717) is 5.65 Å². The zero-order chi connectivity index (χ0) is 16.3. The first-order valence-corrected chi connectivity index (χ1v) is 6.80. The van der Waals surface area contributed by atoms with Gasteiger partial charge in [-0.1, -0.05) is 19.9 Å². The maximum Gasteiger partial charge on any atom is 0.328 e. The summed E-state index contributed by atoms with van der Waals surface area (Å²) in [7, 11) is 1.25. The van der Waals surface area contributed by atoms with Crippen LogP contribution < -0.4 is 10.9 Å². The van der Waals surface area contributed by atoms with Crippen LogP contribution in [0.1, 0.15) is 24.2 Å². The largest absolute Gasteiger partial charge is 0.467 e. The molecule has 0 spiro atoms. The number of esters is 1. The fraction of sp³-hybridized carbons (Fsp3) is 0.333. The zero-order valence-electron chi connectivity index (χ0n) is 12.6. The smallest absolute Gasteiger partial charge is 0.328 e. The summed E-state index contributed by atoms with van der Waals surface area (Å²) in [4.78, 5) is 40.3. The minimum atomic E-state index is -0.826. The highest BCUT2D eigenvalue weighted by Gasteiger charge is 2.26. The Morgan fingerprint density at radius 3 is 2.68 bits per heavy atom. The third-order valence-corrected chi connectivity index (χ3v) is 3.27. The van der Waals surface area contributed by atoms with Crippen LogP contribution in [0.25, 0.3) is 5.65 Å². The standard InChI is InChI=1S/C15H17N3O4/c1-9(2)12(15(21)22-3)17-13(19)10-8-16-11-6-4-5-7-18(11)14(10)20/h4-9,12H,1-3H3,(H,17,19). The molecule has 0 fully saturated rings. The first kappa shape index (κ1) is 15.7. The molecule has 2 heterocycles. The van der Waals surface area contributed by atoms with Gasteiger partial charge in [-0.2, -0.15) is 0 Å². The molecule has 0 saturated heterocycles. The van der Waals surface area contributed by atoms with Crippen molar-refractivity contribution in [2.24, 2.45) is 5.92 Å². The van der Waals surface area contributed by atoms with Gasteiger partial charge in [-0.15, -0.1) is 0 Å². The summed E-state index contributed by atoms with van der Waals surface area (Å²) in [6.07, 6.45) is 2.74. The molecule has 1 unspecified atom stereocenters. The molecule has 0 saturated carbocycles. The van der Waals surface area contributed by atoms with Crippen LogP contribution in [0.15, 0.2) is 35.4 Å². The predicted molar refractivity (Wildman–Crippen MR) is 79.6 cm³/mol. The Balaban J connectivity index is 2.35. The Kier molecular flexibility index (Phi) is 4.55. The molecule has 0 aliphatic rings. The number of methoxy groups -OCH3 is 1. The second-order valence-corrected chi connectivity index (χ2v) is 5.12. The van der Waals surface area contributed by atoms with Crippen molar-refractivity contribution >= 4 is 17.5 Å². The second-order valence-electron chi connectivity index (χ2n) is 5.12. The second kappa shape index (κ2) is 6.38. The fourth-order valence-electron chi connectivity index (χ4n) is 2.03. The number of hydrogen-bond acceptors (Lipinski definition) is 5. The van der Waals surface area contributed by atoms with Gasteiger partial charge in [-0.05, 0) is 18.1 Å². The number of carbonyl (C=O) groups is 2. The van der Waals surface area contributed by atoms with Gasteiger partial charge in [-0.25, -0.2) is 9.78 Å². The van der Waals surface area contributed by atoms with Crippen LogP contribution in [0.2, 0.25) is 0 Å². The van der Waals surface area contributed by atoms with Gasteiger partial charge in [-0.3, -0.25) is 14.0 Å². The van der Waals surface area contributed by atoms with Crippen molar-refractivity contribution in [3.8, 4) is 0 Å². The molecule has 0 radical (unpaired) electrons. The molecule has 1 amide bonds. The van der Waals surface area contributed by atoms with E-state index in [1.54, 1.807) is 32.0 Å². The van der Waals surface area contributed by atoms with Gasteiger partial charge in [0.25, 0.3) is 11.5 Å². The summed E-state index contributed by atoms with van der Waals surface area (Å²) in [5.41, 5.74) is -0.175. The molecular formula is C15H17N3O4. The number of nitrogens with zero attached hydrogens (tertiary/aromatic N) is 2. The summed E-state index contributed by atoms with van der Waals surface area (Å²) in [6.45, 7) is 3.54. The van der Waals surface area contributed by atoms with Gasteiger partial charge < -0.3 is 10.1 Å². The highest BCUT2D eigenvalue weighted by atomic mass is 16.5. The maximum absolute atomic E-state index is 12.3. The zero-order valence-corrected chi connectivity index (χ0v) is 12.6.